The number of nitrogens with one attached hydrogen (secondary N) is 1. The number of hydrogen-bond donors (Lipinski definition) is 3. The Bertz CT molecular complexity index is 1470. The molecular formula is C21H19ClN7O5S2+. The molecule has 186 valence electrons. The molecule has 36 heavy (non-hydrogen) atoms. The van der Waals surface area contributed by atoms with Crippen molar-refractivity contribution in [1.29, 1.82) is 0 Å². The minimum atomic E-state index is -1.21. The minimum Gasteiger partial charge on any atom is -0.477 e. The molecule has 0 aromatic carbocycles. The summed E-state index contributed by atoms with van der Waals surface area (Å²) in [5.41, 5.74) is 6.98. The molecule has 2 atom stereocenters. The standard InChI is InChI=1S/C21H18ClN7O5S2/c1-34-26-14(12-9-36-21(23)24-12)17(30)25-15-18(31)29-16(20(32)33)10(8-35-19(15)29)6-27-4-5-28-3-2-11(22)13(28)7-27/h2-5,7,9,15,19H,6,8H2,1H3,(H3-,23,24,25,30,32,33)/p+1/b26-14-/t15-,19+/m1/s1. The van der Waals surface area contributed by atoms with Crippen molar-refractivity contribution in [3.05, 3.63) is 58.2 Å². The second kappa shape index (κ2) is 9.44. The number of thiazole rings is 1. The Labute approximate surface area is 217 Å². The molecule has 1 fully saturated rings. The molecule has 2 aliphatic heterocycles. The van der Waals surface area contributed by atoms with Gasteiger partial charge in [0.2, 0.25) is 0 Å². The van der Waals surface area contributed by atoms with Crippen molar-refractivity contribution in [2.45, 2.75) is 18.0 Å². The summed E-state index contributed by atoms with van der Waals surface area (Å²) in [6.45, 7) is 0.260. The maximum Gasteiger partial charge on any atom is 0.352 e. The fourth-order valence-corrected chi connectivity index (χ4v) is 6.16. The predicted octanol–water partition coefficient (Wildman–Crippen LogP) is 0.708. The van der Waals surface area contributed by atoms with Crippen LogP contribution in [0.5, 0.6) is 0 Å². The first-order valence-corrected chi connectivity index (χ1v) is 12.8. The van der Waals surface area contributed by atoms with Crippen LogP contribution in [0.3, 0.4) is 0 Å². The number of nitrogens with two attached hydrogens (primary N) is 1. The number of carboxylic acids is 1. The van der Waals surface area contributed by atoms with Crippen molar-refractivity contribution in [3.8, 4) is 0 Å². The van der Waals surface area contributed by atoms with Gasteiger partial charge < -0.3 is 25.4 Å². The molecular weight excluding hydrogens is 530 g/mol. The number of halogens is 1. The number of fused-ring (bicyclic) bond motifs is 2. The van der Waals surface area contributed by atoms with Crippen molar-refractivity contribution < 1.29 is 28.9 Å². The monoisotopic (exact) mass is 548 g/mol. The number of β-lactam (4-membered cyclic amide) rings is 1. The highest BCUT2D eigenvalue weighted by molar-refractivity contribution is 8.00. The van der Waals surface area contributed by atoms with Gasteiger partial charge in [-0.05, 0) is 6.07 Å². The highest BCUT2D eigenvalue weighted by atomic mass is 35.5. The van der Waals surface area contributed by atoms with Gasteiger partial charge >= 0.3 is 5.97 Å². The van der Waals surface area contributed by atoms with E-state index < -0.39 is 29.2 Å². The number of rotatable bonds is 7. The Kier molecular flexibility index (Phi) is 6.32. The maximum absolute atomic E-state index is 13.0. The molecule has 0 spiro atoms. The van der Waals surface area contributed by atoms with Crippen molar-refractivity contribution in [2.24, 2.45) is 5.16 Å². The van der Waals surface area contributed by atoms with Crippen LogP contribution < -0.4 is 15.6 Å². The lowest BCUT2D eigenvalue weighted by molar-refractivity contribution is -0.688. The normalized spacial score (nSPS) is 19.8. The molecule has 0 saturated carbocycles. The zero-order chi connectivity index (χ0) is 25.6. The number of nitrogen functional groups attached to an aromatic ring is 1. The topological polar surface area (TPSA) is 156 Å². The Balaban J connectivity index is 1.36. The van der Waals surface area contributed by atoms with E-state index in [1.54, 1.807) is 17.6 Å². The first-order valence-electron chi connectivity index (χ1n) is 10.5. The summed E-state index contributed by atoms with van der Waals surface area (Å²) >= 11 is 8.72. The summed E-state index contributed by atoms with van der Waals surface area (Å²) in [6.07, 6.45) is 7.25. The van der Waals surface area contributed by atoms with Crippen molar-refractivity contribution >= 4 is 68.8 Å². The van der Waals surface area contributed by atoms with Crippen molar-refractivity contribution in [2.75, 3.05) is 18.6 Å². The van der Waals surface area contributed by atoms with Gasteiger partial charge in [0.15, 0.2) is 29.8 Å². The molecule has 5 heterocycles. The van der Waals surface area contributed by atoms with Crippen LogP contribution in [0.15, 0.2) is 52.7 Å². The molecule has 3 aromatic heterocycles. The first kappa shape index (κ1) is 24.1. The number of hydrogen-bond acceptors (Lipinski definition) is 9. The molecule has 0 unspecified atom stereocenters. The van der Waals surface area contributed by atoms with Gasteiger partial charge in [-0.15, -0.1) is 23.1 Å². The van der Waals surface area contributed by atoms with Gasteiger partial charge in [0.1, 0.15) is 35.4 Å². The van der Waals surface area contributed by atoms with Crippen LogP contribution in [0.1, 0.15) is 5.69 Å². The largest absolute Gasteiger partial charge is 0.477 e. The summed E-state index contributed by atoms with van der Waals surface area (Å²) in [4.78, 5) is 48.1. The van der Waals surface area contributed by atoms with E-state index in [0.29, 0.717) is 16.3 Å². The van der Waals surface area contributed by atoms with Crippen LogP contribution >= 0.6 is 34.7 Å². The molecule has 0 aliphatic carbocycles. The summed E-state index contributed by atoms with van der Waals surface area (Å²) in [5, 5.41) is 18.1. The van der Waals surface area contributed by atoms with Crippen LogP contribution in [-0.2, 0) is 25.8 Å². The first-order chi connectivity index (χ1) is 17.3. The number of aromatic nitrogens is 3. The number of amides is 2. The lowest BCUT2D eigenvalue weighted by Crippen LogP contribution is -2.71. The molecule has 1 saturated heterocycles. The van der Waals surface area contributed by atoms with E-state index in [1.807, 2.05) is 27.6 Å². The number of carbonyl (C=O) groups is 3. The van der Waals surface area contributed by atoms with E-state index in [2.05, 4.69) is 15.5 Å². The second-order valence-corrected chi connectivity index (χ2v) is 10.3. The van der Waals surface area contributed by atoms with E-state index in [0.717, 1.165) is 16.9 Å². The summed E-state index contributed by atoms with van der Waals surface area (Å²) in [7, 11) is 1.28. The third-order valence-corrected chi connectivity index (χ3v) is 8.02. The summed E-state index contributed by atoms with van der Waals surface area (Å²) < 4.78 is 3.67. The van der Waals surface area contributed by atoms with Crippen LogP contribution in [0.25, 0.3) is 5.52 Å². The van der Waals surface area contributed by atoms with Crippen LogP contribution in [-0.4, -0.2) is 67.2 Å². The van der Waals surface area contributed by atoms with E-state index in [-0.39, 0.29) is 28.8 Å². The summed E-state index contributed by atoms with van der Waals surface area (Å²) in [6, 6.07) is 0.837. The molecule has 2 amide bonds. The number of nitrogens with zero attached hydrogens (tertiary/aromatic N) is 5. The Morgan fingerprint density at radius 3 is 2.94 bits per heavy atom. The molecule has 4 N–H and O–H groups in total. The van der Waals surface area contributed by atoms with Crippen LogP contribution in [0, 0.1) is 0 Å². The van der Waals surface area contributed by atoms with Gasteiger partial charge in [0.05, 0.1) is 11.2 Å². The number of carbonyl (C=O) groups excluding carboxylic acids is 2. The van der Waals surface area contributed by atoms with Gasteiger partial charge in [0.25, 0.3) is 11.8 Å². The van der Waals surface area contributed by atoms with Crippen molar-refractivity contribution in [1.82, 2.24) is 19.6 Å². The van der Waals surface area contributed by atoms with E-state index in [4.69, 9.17) is 22.2 Å². The van der Waals surface area contributed by atoms with E-state index in [9.17, 15) is 19.5 Å². The Morgan fingerprint density at radius 2 is 2.25 bits per heavy atom. The van der Waals surface area contributed by atoms with Gasteiger partial charge in [-0.25, -0.2) is 9.78 Å². The quantitative estimate of drug-likeness (QED) is 0.169. The maximum atomic E-state index is 13.0. The molecule has 12 nitrogen and oxygen atoms in total. The smallest absolute Gasteiger partial charge is 0.352 e. The molecule has 5 rings (SSSR count). The van der Waals surface area contributed by atoms with E-state index >= 15 is 0 Å². The van der Waals surface area contributed by atoms with Gasteiger partial charge in [-0.2, -0.15) is 4.57 Å². The molecule has 3 aromatic rings. The average Bonchev–Trinajstić information content (AvgIpc) is 3.45. The molecule has 0 radical (unpaired) electrons. The number of aliphatic carboxylic acids is 1. The SMILES string of the molecule is CO/N=C(\C(=O)N[C@@H]1C(=O)N2C(C(=O)O)=C(C[n+]3ccn4ccc(Cl)c4c3)CS[C@@H]12)c1csc(N)n1. The lowest BCUT2D eigenvalue weighted by Gasteiger charge is -2.49. The zero-order valence-corrected chi connectivity index (χ0v) is 21.0. The van der Waals surface area contributed by atoms with E-state index in [1.165, 1.54) is 23.8 Å². The second-order valence-electron chi connectivity index (χ2n) is 7.87. The highest BCUT2D eigenvalue weighted by Crippen LogP contribution is 2.40. The van der Waals surface area contributed by atoms with Gasteiger partial charge in [-0.1, -0.05) is 16.8 Å². The molecule has 15 heteroatoms. The molecule has 2 aliphatic rings. The number of anilines is 1. The third kappa shape index (κ3) is 4.16. The molecule has 0 bridgehead atoms. The van der Waals surface area contributed by atoms with Gasteiger partial charge in [-0.3, -0.25) is 14.5 Å². The Hall–Kier alpha value is -3.62. The Morgan fingerprint density at radius 1 is 1.44 bits per heavy atom. The third-order valence-electron chi connectivity index (χ3n) is 5.68. The predicted molar refractivity (Wildman–Crippen MR) is 132 cm³/mol. The zero-order valence-electron chi connectivity index (χ0n) is 18.6. The average molecular weight is 549 g/mol. The van der Waals surface area contributed by atoms with Crippen LogP contribution in [0.2, 0.25) is 5.02 Å². The fourth-order valence-electron chi connectivity index (χ4n) is 4.08. The van der Waals surface area contributed by atoms with Crippen molar-refractivity contribution in [3.63, 3.8) is 0 Å². The highest BCUT2D eigenvalue weighted by Gasteiger charge is 2.54. The summed E-state index contributed by atoms with van der Waals surface area (Å²) in [5.74, 6) is -2.06. The minimum absolute atomic E-state index is 0.0823. The fraction of sp³-hybridized carbons (Fsp3) is 0.238. The number of carboxylic acid groups (broad SMARTS) is 1. The number of thioether (sulfide) groups is 1. The van der Waals surface area contributed by atoms with Gasteiger partial charge in [0, 0.05) is 22.9 Å². The van der Waals surface area contributed by atoms with Crippen LogP contribution in [0.4, 0.5) is 5.13 Å². The number of oxime groups is 1. The lowest BCUT2D eigenvalue weighted by atomic mass is 10.0.